The predicted octanol–water partition coefficient (Wildman–Crippen LogP) is 3.84. The number of carbonyl (C=O) groups is 1. The molecule has 0 spiro atoms. The second kappa shape index (κ2) is 5.27. The molecule has 18 heavy (non-hydrogen) atoms. The number of hydrogen-bond donors (Lipinski definition) is 2. The fraction of sp³-hybridized carbons (Fsp3) is 0.133. The number of nitrogens with one attached hydrogen (secondary N) is 1. The van der Waals surface area contributed by atoms with Gasteiger partial charge in [0.1, 0.15) is 0 Å². The monoisotopic (exact) mass is 257 g/mol. The van der Waals surface area contributed by atoms with Crippen molar-refractivity contribution in [2.24, 2.45) is 0 Å². The molecule has 0 aliphatic carbocycles. The van der Waals surface area contributed by atoms with E-state index >= 15 is 0 Å². The predicted molar refractivity (Wildman–Crippen MR) is 77.6 cm³/mol. The summed E-state index contributed by atoms with van der Waals surface area (Å²) in [7, 11) is 0. The van der Waals surface area contributed by atoms with Crippen LogP contribution in [-0.2, 0) is 0 Å². The molecule has 0 bridgehead atoms. The van der Waals surface area contributed by atoms with Crippen LogP contribution in [0.15, 0.2) is 47.4 Å². The van der Waals surface area contributed by atoms with Crippen molar-refractivity contribution in [2.45, 2.75) is 18.7 Å². The maximum absolute atomic E-state index is 12.1. The van der Waals surface area contributed by atoms with E-state index in [4.69, 9.17) is 0 Å². The number of amides is 1. The lowest BCUT2D eigenvalue weighted by atomic mass is 10.1. The smallest absolute Gasteiger partial charge is 0.255 e. The Kier molecular flexibility index (Phi) is 3.72. The van der Waals surface area contributed by atoms with E-state index in [1.807, 2.05) is 44.2 Å². The van der Waals surface area contributed by atoms with Gasteiger partial charge in [-0.3, -0.25) is 4.79 Å². The van der Waals surface area contributed by atoms with Crippen molar-refractivity contribution in [3.05, 3.63) is 59.2 Å². The lowest BCUT2D eigenvalue weighted by molar-refractivity contribution is 0.102. The highest BCUT2D eigenvalue weighted by molar-refractivity contribution is 7.80. The Labute approximate surface area is 112 Å². The first kappa shape index (κ1) is 12.7. The fourth-order valence-corrected chi connectivity index (χ4v) is 2.07. The fourth-order valence-electron chi connectivity index (χ4n) is 1.84. The number of para-hydroxylation sites is 1. The summed E-state index contributed by atoms with van der Waals surface area (Å²) >= 11 is 4.24. The van der Waals surface area contributed by atoms with Gasteiger partial charge in [-0.2, -0.15) is 0 Å². The first-order valence-electron chi connectivity index (χ1n) is 5.74. The van der Waals surface area contributed by atoms with Crippen molar-refractivity contribution >= 4 is 24.2 Å². The molecule has 0 saturated carbocycles. The van der Waals surface area contributed by atoms with Gasteiger partial charge in [0.05, 0.1) is 0 Å². The van der Waals surface area contributed by atoms with Crippen LogP contribution in [0.5, 0.6) is 0 Å². The van der Waals surface area contributed by atoms with Crippen LogP contribution >= 0.6 is 12.6 Å². The number of rotatable bonds is 2. The van der Waals surface area contributed by atoms with Crippen LogP contribution in [0.4, 0.5) is 5.69 Å². The zero-order valence-electron chi connectivity index (χ0n) is 10.4. The van der Waals surface area contributed by atoms with Crippen LogP contribution in [0.2, 0.25) is 0 Å². The largest absolute Gasteiger partial charge is 0.322 e. The first-order chi connectivity index (χ1) is 8.58. The number of carbonyl (C=O) groups excluding carboxylic acids is 1. The molecular weight excluding hydrogens is 242 g/mol. The average molecular weight is 257 g/mol. The molecule has 1 amide bonds. The molecule has 0 atom stereocenters. The van der Waals surface area contributed by atoms with Crippen molar-refractivity contribution in [2.75, 3.05) is 5.32 Å². The van der Waals surface area contributed by atoms with Gasteiger partial charge in [-0.25, -0.2) is 0 Å². The van der Waals surface area contributed by atoms with Crippen molar-refractivity contribution < 1.29 is 4.79 Å². The molecule has 1 N–H and O–H groups in total. The molecule has 0 unspecified atom stereocenters. The van der Waals surface area contributed by atoms with Gasteiger partial charge in [0.15, 0.2) is 0 Å². The van der Waals surface area contributed by atoms with Gasteiger partial charge in [0.25, 0.3) is 5.91 Å². The first-order valence-corrected chi connectivity index (χ1v) is 6.19. The van der Waals surface area contributed by atoms with Gasteiger partial charge >= 0.3 is 0 Å². The minimum absolute atomic E-state index is 0.108. The summed E-state index contributed by atoms with van der Waals surface area (Å²) in [6.07, 6.45) is 0. The summed E-state index contributed by atoms with van der Waals surface area (Å²) in [5.41, 5.74) is 3.62. The molecule has 0 heterocycles. The maximum atomic E-state index is 12.1. The van der Waals surface area contributed by atoms with Gasteiger partial charge in [0.2, 0.25) is 0 Å². The van der Waals surface area contributed by atoms with Gasteiger partial charge in [-0.1, -0.05) is 24.3 Å². The highest BCUT2D eigenvalue weighted by Crippen LogP contribution is 2.20. The molecule has 0 radical (unpaired) electrons. The average Bonchev–Trinajstić information content (AvgIpc) is 2.34. The Morgan fingerprint density at radius 1 is 1.06 bits per heavy atom. The summed E-state index contributed by atoms with van der Waals surface area (Å²) < 4.78 is 0. The van der Waals surface area contributed by atoms with Crippen LogP contribution in [0.3, 0.4) is 0 Å². The third kappa shape index (κ3) is 2.74. The van der Waals surface area contributed by atoms with Crippen LogP contribution < -0.4 is 5.32 Å². The van der Waals surface area contributed by atoms with Crippen LogP contribution in [0.25, 0.3) is 0 Å². The lowest BCUT2D eigenvalue weighted by Gasteiger charge is -2.11. The standard InChI is InChI=1S/C15H15NOS/c1-10-5-3-6-11(2)14(10)16-15(17)12-7-4-8-13(18)9-12/h3-9,18H,1-2H3,(H,16,17). The van der Waals surface area contributed by atoms with Crippen LogP contribution in [0.1, 0.15) is 21.5 Å². The third-order valence-corrected chi connectivity index (χ3v) is 3.11. The van der Waals surface area contributed by atoms with E-state index in [-0.39, 0.29) is 5.91 Å². The van der Waals surface area contributed by atoms with Gasteiger partial charge < -0.3 is 5.32 Å². The van der Waals surface area contributed by atoms with E-state index in [2.05, 4.69) is 17.9 Å². The molecule has 0 fully saturated rings. The third-order valence-electron chi connectivity index (χ3n) is 2.83. The van der Waals surface area contributed by atoms with Crippen molar-refractivity contribution in [3.63, 3.8) is 0 Å². The van der Waals surface area contributed by atoms with E-state index < -0.39 is 0 Å². The maximum Gasteiger partial charge on any atom is 0.255 e. The highest BCUT2D eigenvalue weighted by atomic mass is 32.1. The molecule has 0 aliphatic rings. The summed E-state index contributed by atoms with van der Waals surface area (Å²) in [5, 5.41) is 2.95. The summed E-state index contributed by atoms with van der Waals surface area (Å²) in [4.78, 5) is 12.9. The van der Waals surface area contributed by atoms with Crippen molar-refractivity contribution in [1.82, 2.24) is 0 Å². The van der Waals surface area contributed by atoms with Gasteiger partial charge in [0, 0.05) is 16.1 Å². The zero-order chi connectivity index (χ0) is 13.1. The molecule has 0 aromatic heterocycles. The zero-order valence-corrected chi connectivity index (χ0v) is 11.3. The lowest BCUT2D eigenvalue weighted by Crippen LogP contribution is -2.13. The minimum atomic E-state index is -0.108. The Balaban J connectivity index is 2.27. The molecule has 92 valence electrons. The SMILES string of the molecule is Cc1cccc(C)c1NC(=O)c1cccc(S)c1. The molecular formula is C15H15NOS. The highest BCUT2D eigenvalue weighted by Gasteiger charge is 2.09. The van der Waals surface area contributed by atoms with E-state index in [0.29, 0.717) is 5.56 Å². The molecule has 2 rings (SSSR count). The number of benzene rings is 2. The number of anilines is 1. The minimum Gasteiger partial charge on any atom is -0.322 e. The number of hydrogen-bond acceptors (Lipinski definition) is 2. The second-order valence-corrected chi connectivity index (χ2v) is 4.79. The van der Waals surface area contributed by atoms with E-state index in [1.54, 1.807) is 12.1 Å². The van der Waals surface area contributed by atoms with Crippen LogP contribution in [0, 0.1) is 13.8 Å². The molecule has 0 saturated heterocycles. The Bertz CT molecular complexity index is 573. The summed E-state index contributed by atoms with van der Waals surface area (Å²) in [5.74, 6) is -0.108. The number of thiol groups is 1. The van der Waals surface area contributed by atoms with Gasteiger partial charge in [-0.05, 0) is 43.2 Å². The van der Waals surface area contributed by atoms with E-state index in [0.717, 1.165) is 21.7 Å². The summed E-state index contributed by atoms with van der Waals surface area (Å²) in [6.45, 7) is 3.97. The Morgan fingerprint density at radius 3 is 2.28 bits per heavy atom. The quantitative estimate of drug-likeness (QED) is 0.786. The number of aryl methyl sites for hydroxylation is 2. The molecule has 0 aliphatic heterocycles. The van der Waals surface area contributed by atoms with Crippen molar-refractivity contribution in [3.8, 4) is 0 Å². The molecule has 2 aromatic rings. The molecule has 2 aromatic carbocycles. The topological polar surface area (TPSA) is 29.1 Å². The Hall–Kier alpha value is -1.74. The second-order valence-electron chi connectivity index (χ2n) is 4.27. The summed E-state index contributed by atoms with van der Waals surface area (Å²) in [6, 6.07) is 13.2. The van der Waals surface area contributed by atoms with Crippen molar-refractivity contribution in [1.29, 1.82) is 0 Å². The normalized spacial score (nSPS) is 10.2. The van der Waals surface area contributed by atoms with E-state index in [1.165, 1.54) is 0 Å². The Morgan fingerprint density at radius 2 is 1.67 bits per heavy atom. The van der Waals surface area contributed by atoms with Gasteiger partial charge in [-0.15, -0.1) is 12.6 Å². The van der Waals surface area contributed by atoms with E-state index in [9.17, 15) is 4.79 Å². The molecule has 2 nitrogen and oxygen atoms in total. The molecule has 3 heteroatoms. The van der Waals surface area contributed by atoms with Crippen LogP contribution in [-0.4, -0.2) is 5.91 Å².